The zero-order valence-corrected chi connectivity index (χ0v) is 11.2. The molecule has 19 heavy (non-hydrogen) atoms. The van der Waals surface area contributed by atoms with E-state index in [0.29, 0.717) is 5.82 Å². The van der Waals surface area contributed by atoms with E-state index in [1.807, 2.05) is 18.2 Å². The predicted molar refractivity (Wildman–Crippen MR) is 76.8 cm³/mol. The van der Waals surface area contributed by atoms with Gasteiger partial charge < -0.3 is 11.5 Å². The van der Waals surface area contributed by atoms with Crippen molar-refractivity contribution in [3.63, 3.8) is 0 Å². The zero-order chi connectivity index (χ0) is 13.6. The van der Waals surface area contributed by atoms with Crippen LogP contribution in [0.1, 0.15) is 43.0 Å². The van der Waals surface area contributed by atoms with E-state index in [0.717, 1.165) is 17.7 Å². The van der Waals surface area contributed by atoms with Gasteiger partial charge in [-0.15, -0.1) is 0 Å². The summed E-state index contributed by atoms with van der Waals surface area (Å²) >= 11 is 0. The first-order valence-electron chi connectivity index (χ1n) is 6.47. The van der Waals surface area contributed by atoms with Crippen LogP contribution in [-0.2, 0) is 5.41 Å². The molecule has 1 aliphatic rings. The van der Waals surface area contributed by atoms with E-state index in [1.165, 1.54) is 5.56 Å². The number of rotatable bonds is 1. The molecule has 4 heteroatoms. The highest BCUT2D eigenvalue weighted by Crippen LogP contribution is 2.49. The lowest BCUT2D eigenvalue weighted by molar-refractivity contribution is 0.499. The normalized spacial score (nSPS) is 20.2. The molecule has 0 radical (unpaired) electrons. The second kappa shape index (κ2) is 3.95. The Morgan fingerprint density at radius 3 is 2.47 bits per heavy atom. The summed E-state index contributed by atoms with van der Waals surface area (Å²) < 4.78 is 0. The first-order chi connectivity index (χ1) is 8.99. The Labute approximate surface area is 112 Å². The van der Waals surface area contributed by atoms with Gasteiger partial charge in [0.25, 0.3) is 0 Å². The highest BCUT2D eigenvalue weighted by Gasteiger charge is 2.41. The number of benzene rings is 1. The molecule has 3 rings (SSSR count). The van der Waals surface area contributed by atoms with Crippen LogP contribution in [0, 0.1) is 0 Å². The number of nitrogens with zero attached hydrogens (tertiary/aromatic N) is 2. The van der Waals surface area contributed by atoms with E-state index in [4.69, 9.17) is 11.5 Å². The van der Waals surface area contributed by atoms with Crippen molar-refractivity contribution < 1.29 is 0 Å². The average molecular weight is 254 g/mol. The Morgan fingerprint density at radius 2 is 1.79 bits per heavy atom. The summed E-state index contributed by atoms with van der Waals surface area (Å²) in [7, 11) is 0. The van der Waals surface area contributed by atoms with E-state index < -0.39 is 0 Å². The van der Waals surface area contributed by atoms with Crippen molar-refractivity contribution in [3.05, 3.63) is 47.2 Å². The highest BCUT2D eigenvalue weighted by molar-refractivity contribution is 5.56. The van der Waals surface area contributed by atoms with Crippen LogP contribution in [-0.4, -0.2) is 9.97 Å². The molecule has 0 spiro atoms. The fourth-order valence-electron chi connectivity index (χ4n) is 3.13. The second-order valence-corrected chi connectivity index (χ2v) is 5.78. The summed E-state index contributed by atoms with van der Waals surface area (Å²) in [4.78, 5) is 8.57. The van der Waals surface area contributed by atoms with Gasteiger partial charge in [0.1, 0.15) is 5.82 Å². The zero-order valence-electron chi connectivity index (χ0n) is 11.2. The van der Waals surface area contributed by atoms with Gasteiger partial charge >= 0.3 is 0 Å². The van der Waals surface area contributed by atoms with Gasteiger partial charge in [0.15, 0.2) is 0 Å². The maximum absolute atomic E-state index is 6.06. The molecule has 1 unspecified atom stereocenters. The third kappa shape index (κ3) is 1.84. The minimum Gasteiger partial charge on any atom is -0.383 e. The molecular formula is C15H18N4. The number of aromatic nitrogens is 2. The minimum atomic E-state index is -0.0202. The van der Waals surface area contributed by atoms with Crippen LogP contribution in [0.5, 0.6) is 0 Å². The van der Waals surface area contributed by atoms with E-state index in [1.54, 1.807) is 0 Å². The molecule has 1 aromatic heterocycles. The number of hydrogen-bond donors (Lipinski definition) is 2. The molecule has 1 aromatic carbocycles. The molecule has 0 fully saturated rings. The minimum absolute atomic E-state index is 0.0202. The van der Waals surface area contributed by atoms with Crippen LogP contribution in [0.4, 0.5) is 11.8 Å². The van der Waals surface area contributed by atoms with Gasteiger partial charge in [0.2, 0.25) is 5.95 Å². The SMILES string of the molecule is CC1(C)CC(c2ccccc2)c2nc(N)nc(N)c21. The van der Waals surface area contributed by atoms with E-state index in [9.17, 15) is 0 Å². The lowest BCUT2D eigenvalue weighted by atomic mass is 9.85. The van der Waals surface area contributed by atoms with Crippen molar-refractivity contribution in [2.75, 3.05) is 11.5 Å². The summed E-state index contributed by atoms with van der Waals surface area (Å²) in [5.74, 6) is 1.03. The molecular weight excluding hydrogens is 236 g/mol. The standard InChI is InChI=1S/C15H18N4/c1-15(2)8-10(9-6-4-3-5-7-9)12-11(15)13(16)19-14(17)18-12/h3-7,10H,8H2,1-2H3,(H4,16,17,18,19). The molecule has 4 nitrogen and oxygen atoms in total. The Morgan fingerprint density at radius 1 is 1.11 bits per heavy atom. The quantitative estimate of drug-likeness (QED) is 0.819. The molecule has 1 aliphatic carbocycles. The topological polar surface area (TPSA) is 77.8 Å². The molecule has 0 bridgehead atoms. The first-order valence-corrected chi connectivity index (χ1v) is 6.47. The maximum atomic E-state index is 6.06. The predicted octanol–water partition coefficient (Wildman–Crippen LogP) is 2.45. The number of fused-ring (bicyclic) bond motifs is 1. The van der Waals surface area contributed by atoms with E-state index in [2.05, 4.69) is 35.9 Å². The van der Waals surface area contributed by atoms with Crippen molar-refractivity contribution in [2.24, 2.45) is 0 Å². The maximum Gasteiger partial charge on any atom is 0.222 e. The summed E-state index contributed by atoms with van der Waals surface area (Å²) in [6.07, 6.45) is 0.981. The molecule has 0 aliphatic heterocycles. The molecule has 0 amide bonds. The van der Waals surface area contributed by atoms with Crippen LogP contribution < -0.4 is 11.5 Å². The lowest BCUT2D eigenvalue weighted by Crippen LogP contribution is -2.16. The van der Waals surface area contributed by atoms with Crippen LogP contribution >= 0.6 is 0 Å². The van der Waals surface area contributed by atoms with Crippen LogP contribution in [0.15, 0.2) is 30.3 Å². The fourth-order valence-corrected chi connectivity index (χ4v) is 3.13. The highest BCUT2D eigenvalue weighted by atomic mass is 15.0. The van der Waals surface area contributed by atoms with Gasteiger partial charge in [-0.25, -0.2) is 4.98 Å². The molecule has 1 heterocycles. The van der Waals surface area contributed by atoms with Crippen LogP contribution in [0.3, 0.4) is 0 Å². The number of anilines is 2. The number of hydrogen-bond acceptors (Lipinski definition) is 4. The summed E-state index contributed by atoms with van der Waals surface area (Å²) in [6.45, 7) is 4.37. The van der Waals surface area contributed by atoms with E-state index in [-0.39, 0.29) is 17.3 Å². The second-order valence-electron chi connectivity index (χ2n) is 5.78. The van der Waals surface area contributed by atoms with Crippen molar-refractivity contribution >= 4 is 11.8 Å². The Balaban J connectivity index is 2.20. The van der Waals surface area contributed by atoms with Crippen molar-refractivity contribution in [1.29, 1.82) is 0 Å². The molecule has 0 saturated heterocycles. The van der Waals surface area contributed by atoms with Gasteiger partial charge in [-0.05, 0) is 17.4 Å². The lowest BCUT2D eigenvalue weighted by Gasteiger charge is -2.19. The summed E-state index contributed by atoms with van der Waals surface area (Å²) in [5.41, 5.74) is 15.1. The average Bonchev–Trinajstić information content (AvgIpc) is 2.62. The van der Waals surface area contributed by atoms with Crippen molar-refractivity contribution in [3.8, 4) is 0 Å². The van der Waals surface area contributed by atoms with Crippen molar-refractivity contribution in [2.45, 2.75) is 31.6 Å². The first kappa shape index (κ1) is 12.0. The Bertz CT molecular complexity index is 620. The molecule has 98 valence electrons. The van der Waals surface area contributed by atoms with Gasteiger partial charge in [-0.1, -0.05) is 44.2 Å². The number of nitrogens with two attached hydrogens (primary N) is 2. The summed E-state index contributed by atoms with van der Waals surface area (Å²) in [5, 5.41) is 0. The molecule has 4 N–H and O–H groups in total. The molecule has 2 aromatic rings. The largest absolute Gasteiger partial charge is 0.383 e. The molecule has 1 atom stereocenters. The molecule has 0 saturated carbocycles. The number of nitrogen functional groups attached to an aromatic ring is 2. The van der Waals surface area contributed by atoms with Gasteiger partial charge in [-0.3, -0.25) is 0 Å². The van der Waals surface area contributed by atoms with Crippen LogP contribution in [0.25, 0.3) is 0 Å². The smallest absolute Gasteiger partial charge is 0.222 e. The van der Waals surface area contributed by atoms with Gasteiger partial charge in [-0.2, -0.15) is 4.98 Å². The Kier molecular flexibility index (Phi) is 2.49. The third-order valence-corrected chi connectivity index (χ3v) is 3.91. The third-order valence-electron chi connectivity index (χ3n) is 3.91. The Hall–Kier alpha value is -2.10. The monoisotopic (exact) mass is 254 g/mol. The van der Waals surface area contributed by atoms with Crippen molar-refractivity contribution in [1.82, 2.24) is 9.97 Å². The van der Waals surface area contributed by atoms with E-state index >= 15 is 0 Å². The fraction of sp³-hybridized carbons (Fsp3) is 0.333. The van der Waals surface area contributed by atoms with Gasteiger partial charge in [0, 0.05) is 11.5 Å². The summed E-state index contributed by atoms with van der Waals surface area (Å²) in [6, 6.07) is 10.4. The van der Waals surface area contributed by atoms with Crippen LogP contribution in [0.2, 0.25) is 0 Å². The van der Waals surface area contributed by atoms with Gasteiger partial charge in [0.05, 0.1) is 5.69 Å².